The van der Waals surface area contributed by atoms with E-state index in [1.807, 2.05) is 13.8 Å². The normalized spacial score (nSPS) is 11.2. The van der Waals surface area contributed by atoms with Gasteiger partial charge in [0.1, 0.15) is 5.82 Å². The zero-order valence-electron chi connectivity index (χ0n) is 18.8. The number of nitrogens with zero attached hydrogens (tertiary/aromatic N) is 2. The fourth-order valence-corrected chi connectivity index (χ4v) is 3.17. The molecule has 1 amide bonds. The van der Waals surface area contributed by atoms with Gasteiger partial charge >= 0.3 is 12.3 Å². The van der Waals surface area contributed by atoms with Crippen molar-refractivity contribution in [3.05, 3.63) is 50.7 Å². The highest BCUT2D eigenvalue weighted by molar-refractivity contribution is 6.05. The average Bonchev–Trinajstić information content (AvgIpc) is 2.77. The number of methoxy groups -OCH3 is 1. The molecule has 0 radical (unpaired) electrons. The molecule has 0 aliphatic heterocycles. The van der Waals surface area contributed by atoms with Gasteiger partial charge in [-0.3, -0.25) is 19.1 Å². The Morgan fingerprint density at radius 1 is 1.24 bits per heavy atom. The third kappa shape index (κ3) is 6.43. The molecule has 0 bridgehead atoms. The van der Waals surface area contributed by atoms with Gasteiger partial charge < -0.3 is 20.1 Å². The number of halogens is 2. The van der Waals surface area contributed by atoms with Gasteiger partial charge in [0.2, 0.25) is 0 Å². The molecule has 0 saturated heterocycles. The number of nitrogens with two attached hydrogens (primary N) is 1. The molecule has 9 nitrogen and oxygen atoms in total. The van der Waals surface area contributed by atoms with Gasteiger partial charge in [-0.2, -0.15) is 8.78 Å². The Labute approximate surface area is 189 Å². The number of anilines is 2. The number of nitrogen functional groups attached to an aromatic ring is 1. The van der Waals surface area contributed by atoms with E-state index in [0.29, 0.717) is 18.4 Å². The quantitative estimate of drug-likeness (QED) is 0.492. The van der Waals surface area contributed by atoms with Crippen molar-refractivity contribution in [2.75, 3.05) is 24.3 Å². The van der Waals surface area contributed by atoms with E-state index >= 15 is 0 Å². The van der Waals surface area contributed by atoms with Crippen LogP contribution in [0.4, 0.5) is 20.3 Å². The Kier molecular flexibility index (Phi) is 9.19. The number of benzene rings is 1. The van der Waals surface area contributed by atoms with Crippen LogP contribution in [0.3, 0.4) is 0 Å². The molecule has 0 fully saturated rings. The summed E-state index contributed by atoms with van der Waals surface area (Å²) in [5, 5.41) is 0. The van der Waals surface area contributed by atoms with E-state index in [2.05, 4.69) is 9.72 Å². The number of carbonyl (C=O) groups excluding carboxylic acids is 1. The summed E-state index contributed by atoms with van der Waals surface area (Å²) < 4.78 is 35.7. The van der Waals surface area contributed by atoms with Crippen LogP contribution in [0, 0.1) is 0 Å². The fourth-order valence-electron chi connectivity index (χ4n) is 3.17. The molecule has 33 heavy (non-hydrogen) atoms. The Hall–Kier alpha value is -3.63. The number of amides is 1. The number of aromatic amines is 1. The molecule has 3 N–H and O–H groups in total. The molecule has 0 saturated carbocycles. The standard InChI is InChI=1S/C22H28F2N4O5/c1-4-6-12-27(18-19(25)28(11-5-2)22(31)26-20(18)30)17(29)10-8-14-7-9-15(33-21(23)24)16(13-14)32-3/h7-10,13,21H,4-6,11-12,25H2,1-3H3,(H,26,30,31)/b10-8+. The number of ether oxygens (including phenoxy) is 2. The van der Waals surface area contributed by atoms with Gasteiger partial charge in [-0.25, -0.2) is 4.79 Å². The molecular formula is C22H28F2N4O5. The van der Waals surface area contributed by atoms with Gasteiger partial charge in [-0.15, -0.1) is 0 Å². The van der Waals surface area contributed by atoms with Crippen molar-refractivity contribution >= 4 is 23.5 Å². The first-order chi connectivity index (χ1) is 15.7. The Balaban J connectivity index is 2.42. The minimum atomic E-state index is -3.01. The number of H-pyrrole nitrogens is 1. The smallest absolute Gasteiger partial charge is 0.387 e. The molecule has 1 aromatic carbocycles. The highest BCUT2D eigenvalue weighted by atomic mass is 19.3. The van der Waals surface area contributed by atoms with Crippen molar-refractivity contribution in [2.24, 2.45) is 0 Å². The van der Waals surface area contributed by atoms with Gasteiger partial charge in [0.15, 0.2) is 17.2 Å². The second-order valence-corrected chi connectivity index (χ2v) is 7.11. The first-order valence-electron chi connectivity index (χ1n) is 10.5. The summed E-state index contributed by atoms with van der Waals surface area (Å²) in [6, 6.07) is 4.21. The summed E-state index contributed by atoms with van der Waals surface area (Å²) in [6.45, 7) is 1.27. The summed E-state index contributed by atoms with van der Waals surface area (Å²) in [7, 11) is 1.30. The lowest BCUT2D eigenvalue weighted by molar-refractivity contribution is -0.114. The predicted octanol–water partition coefficient (Wildman–Crippen LogP) is 2.99. The highest BCUT2D eigenvalue weighted by Crippen LogP contribution is 2.30. The van der Waals surface area contributed by atoms with E-state index < -0.39 is 23.8 Å². The first-order valence-corrected chi connectivity index (χ1v) is 10.5. The van der Waals surface area contributed by atoms with Gasteiger partial charge in [0.05, 0.1) is 7.11 Å². The van der Waals surface area contributed by atoms with Crippen LogP contribution in [0.1, 0.15) is 38.7 Å². The summed E-state index contributed by atoms with van der Waals surface area (Å²) in [6.07, 6.45) is 4.63. The van der Waals surface area contributed by atoms with Crippen LogP contribution in [0.2, 0.25) is 0 Å². The molecule has 2 aromatic rings. The van der Waals surface area contributed by atoms with Crippen LogP contribution in [-0.4, -0.2) is 35.7 Å². The maximum absolute atomic E-state index is 13.0. The number of alkyl halides is 2. The first kappa shape index (κ1) is 25.6. The predicted molar refractivity (Wildman–Crippen MR) is 122 cm³/mol. The van der Waals surface area contributed by atoms with Crippen LogP contribution in [0.15, 0.2) is 33.9 Å². The van der Waals surface area contributed by atoms with E-state index in [-0.39, 0.29) is 36.1 Å². The molecule has 0 atom stereocenters. The Morgan fingerprint density at radius 2 is 1.97 bits per heavy atom. The second-order valence-electron chi connectivity index (χ2n) is 7.11. The number of hydrogen-bond donors (Lipinski definition) is 2. The summed E-state index contributed by atoms with van der Waals surface area (Å²) in [5.74, 6) is -0.689. The van der Waals surface area contributed by atoms with Crippen LogP contribution in [-0.2, 0) is 11.3 Å². The van der Waals surface area contributed by atoms with Crippen molar-refractivity contribution in [3.63, 3.8) is 0 Å². The molecular weight excluding hydrogens is 438 g/mol. The van der Waals surface area contributed by atoms with E-state index in [1.54, 1.807) is 0 Å². The van der Waals surface area contributed by atoms with Crippen LogP contribution in [0.25, 0.3) is 6.08 Å². The molecule has 11 heteroatoms. The number of carbonyl (C=O) groups is 1. The van der Waals surface area contributed by atoms with Gasteiger partial charge in [0.25, 0.3) is 11.5 Å². The third-order valence-corrected chi connectivity index (χ3v) is 4.75. The summed E-state index contributed by atoms with van der Waals surface area (Å²) in [4.78, 5) is 41.1. The lowest BCUT2D eigenvalue weighted by atomic mass is 10.1. The van der Waals surface area contributed by atoms with E-state index in [4.69, 9.17) is 10.5 Å². The SMILES string of the molecule is CCCCN(C(=O)/C=C/c1ccc(OC(F)F)c(OC)c1)c1c(N)n(CCC)c(=O)[nH]c1=O. The topological polar surface area (TPSA) is 120 Å². The van der Waals surface area contributed by atoms with Crippen molar-refractivity contribution < 1.29 is 23.0 Å². The minimum Gasteiger partial charge on any atom is -0.493 e. The molecule has 180 valence electrons. The largest absolute Gasteiger partial charge is 0.493 e. The molecule has 0 aliphatic carbocycles. The average molecular weight is 466 g/mol. The van der Waals surface area contributed by atoms with E-state index in [1.165, 1.54) is 46.9 Å². The van der Waals surface area contributed by atoms with Gasteiger partial charge in [0, 0.05) is 19.2 Å². The van der Waals surface area contributed by atoms with E-state index in [9.17, 15) is 23.2 Å². The van der Waals surface area contributed by atoms with Crippen molar-refractivity contribution in [3.8, 4) is 11.5 Å². The second kappa shape index (κ2) is 11.8. The fraction of sp³-hybridized carbons (Fsp3) is 0.409. The lowest BCUT2D eigenvalue weighted by Crippen LogP contribution is -2.41. The van der Waals surface area contributed by atoms with Crippen LogP contribution in [0.5, 0.6) is 11.5 Å². The molecule has 1 heterocycles. The highest BCUT2D eigenvalue weighted by Gasteiger charge is 2.22. The van der Waals surface area contributed by atoms with Crippen molar-refractivity contribution in [2.45, 2.75) is 46.3 Å². The lowest BCUT2D eigenvalue weighted by Gasteiger charge is -2.23. The summed E-state index contributed by atoms with van der Waals surface area (Å²) >= 11 is 0. The number of hydrogen-bond acceptors (Lipinski definition) is 6. The zero-order chi connectivity index (χ0) is 24.5. The molecule has 0 spiro atoms. The number of nitrogens with one attached hydrogen (secondary N) is 1. The van der Waals surface area contributed by atoms with Crippen LogP contribution >= 0.6 is 0 Å². The van der Waals surface area contributed by atoms with E-state index in [0.717, 1.165) is 6.42 Å². The van der Waals surface area contributed by atoms with Crippen molar-refractivity contribution in [1.82, 2.24) is 9.55 Å². The van der Waals surface area contributed by atoms with Gasteiger partial charge in [-0.1, -0.05) is 26.3 Å². The minimum absolute atomic E-state index is 0.0695. The Morgan fingerprint density at radius 3 is 2.58 bits per heavy atom. The maximum Gasteiger partial charge on any atom is 0.387 e. The number of unbranched alkanes of at least 4 members (excludes halogenated alkanes) is 1. The third-order valence-electron chi connectivity index (χ3n) is 4.75. The maximum atomic E-state index is 13.0. The molecule has 0 aliphatic rings. The molecule has 1 aromatic heterocycles. The zero-order valence-corrected chi connectivity index (χ0v) is 18.8. The molecule has 0 unspecified atom stereocenters. The molecule has 2 rings (SSSR count). The number of rotatable bonds is 11. The van der Waals surface area contributed by atoms with Gasteiger partial charge in [-0.05, 0) is 36.6 Å². The van der Waals surface area contributed by atoms with Crippen molar-refractivity contribution in [1.29, 1.82) is 0 Å². The monoisotopic (exact) mass is 466 g/mol. The number of aromatic nitrogens is 2. The van der Waals surface area contributed by atoms with Crippen LogP contribution < -0.4 is 31.4 Å². The summed E-state index contributed by atoms with van der Waals surface area (Å²) in [5.41, 5.74) is 5.11. The Bertz CT molecular complexity index is 1110.